The Morgan fingerprint density at radius 1 is 1.12 bits per heavy atom. The number of thiazole rings is 1. The summed E-state index contributed by atoms with van der Waals surface area (Å²) in [6.07, 6.45) is 1.86. The number of nitro groups is 1. The van der Waals surface area contributed by atoms with E-state index in [-0.39, 0.29) is 5.69 Å². The second-order valence-corrected chi connectivity index (χ2v) is 10.9. The van der Waals surface area contributed by atoms with Crippen LogP contribution < -0.4 is 0 Å². The maximum Gasteiger partial charge on any atom is 0.270 e. The lowest BCUT2D eigenvalue weighted by Crippen LogP contribution is -1.94. The molecule has 4 aromatic rings. The van der Waals surface area contributed by atoms with E-state index < -0.39 is 4.92 Å². The largest absolute Gasteiger partial charge is 0.270 e. The van der Waals surface area contributed by atoms with Crippen LogP contribution in [0.1, 0.15) is 19.5 Å². The smallest absolute Gasteiger partial charge is 0.258 e. The molecule has 2 heterocycles. The highest BCUT2D eigenvalue weighted by molar-refractivity contribution is 8.01. The third-order valence-corrected chi connectivity index (χ3v) is 7.58. The van der Waals surface area contributed by atoms with E-state index in [0.29, 0.717) is 20.4 Å². The Balaban J connectivity index is 1.78. The summed E-state index contributed by atoms with van der Waals surface area (Å²) in [4.78, 5) is 15.6. The van der Waals surface area contributed by atoms with Gasteiger partial charge in [0.1, 0.15) is 0 Å². The molecular formula is C22H18Cl2N4O2S2. The molecule has 0 unspecified atom stereocenters. The van der Waals surface area contributed by atoms with Gasteiger partial charge in [-0.1, -0.05) is 66.6 Å². The predicted molar refractivity (Wildman–Crippen MR) is 133 cm³/mol. The van der Waals surface area contributed by atoms with Crippen LogP contribution in [0.5, 0.6) is 0 Å². The number of nitro benzene ring substituents is 1. The summed E-state index contributed by atoms with van der Waals surface area (Å²) in [6.45, 7) is 6.13. The predicted octanol–water partition coefficient (Wildman–Crippen LogP) is 7.69. The Kier molecular flexibility index (Phi) is 6.57. The number of aromatic nitrogens is 3. The van der Waals surface area contributed by atoms with Crippen LogP contribution in [0.15, 0.2) is 52.9 Å². The van der Waals surface area contributed by atoms with Crippen molar-refractivity contribution in [2.75, 3.05) is 0 Å². The molecule has 164 valence electrons. The highest BCUT2D eigenvalue weighted by Gasteiger charge is 2.19. The molecule has 2 aromatic heterocycles. The third kappa shape index (κ3) is 4.68. The molecule has 0 saturated heterocycles. The Labute approximate surface area is 203 Å². The molecule has 4 rings (SSSR count). The van der Waals surface area contributed by atoms with Crippen molar-refractivity contribution >= 4 is 52.0 Å². The summed E-state index contributed by atoms with van der Waals surface area (Å²) in [5.74, 6) is 0. The molecule has 0 aliphatic rings. The van der Waals surface area contributed by atoms with E-state index in [1.165, 1.54) is 17.4 Å². The van der Waals surface area contributed by atoms with Crippen molar-refractivity contribution in [3.05, 3.63) is 74.5 Å². The normalized spacial score (nSPS) is 11.3. The second kappa shape index (κ2) is 9.23. The van der Waals surface area contributed by atoms with Gasteiger partial charge in [-0.05, 0) is 24.6 Å². The van der Waals surface area contributed by atoms with Crippen molar-refractivity contribution in [3.63, 3.8) is 0 Å². The lowest BCUT2D eigenvalue weighted by molar-refractivity contribution is -0.384. The Morgan fingerprint density at radius 3 is 2.59 bits per heavy atom. The maximum absolute atomic E-state index is 11.2. The molecule has 0 atom stereocenters. The second-order valence-electron chi connectivity index (χ2n) is 7.31. The van der Waals surface area contributed by atoms with Crippen molar-refractivity contribution in [3.8, 4) is 27.5 Å². The van der Waals surface area contributed by atoms with Crippen molar-refractivity contribution in [2.45, 2.75) is 30.2 Å². The summed E-state index contributed by atoms with van der Waals surface area (Å²) >= 11 is 15.6. The molecule has 6 nitrogen and oxygen atoms in total. The Morgan fingerprint density at radius 2 is 1.91 bits per heavy atom. The van der Waals surface area contributed by atoms with E-state index in [2.05, 4.69) is 18.9 Å². The first-order chi connectivity index (χ1) is 15.2. The number of benzene rings is 2. The fourth-order valence-corrected chi connectivity index (χ4v) is 5.89. The van der Waals surface area contributed by atoms with E-state index in [9.17, 15) is 10.1 Å². The summed E-state index contributed by atoms with van der Waals surface area (Å²) in [5.41, 5.74) is 4.07. The van der Waals surface area contributed by atoms with Crippen LogP contribution in [-0.4, -0.2) is 24.9 Å². The molecule has 32 heavy (non-hydrogen) atoms. The maximum atomic E-state index is 11.2. The van der Waals surface area contributed by atoms with Gasteiger partial charge in [0, 0.05) is 34.7 Å². The fraction of sp³-hybridized carbons (Fsp3) is 0.182. The number of thioether (sulfide) groups is 1. The number of nitrogens with zero attached hydrogens (tertiary/aromatic N) is 4. The number of hydrogen-bond acceptors (Lipinski definition) is 6. The highest BCUT2D eigenvalue weighted by Crippen LogP contribution is 2.41. The average Bonchev–Trinajstić information content (AvgIpc) is 3.33. The monoisotopic (exact) mass is 504 g/mol. The van der Waals surface area contributed by atoms with Gasteiger partial charge in [0.25, 0.3) is 5.69 Å². The summed E-state index contributed by atoms with van der Waals surface area (Å²) in [5, 5.41) is 17.8. The molecule has 0 bridgehead atoms. The van der Waals surface area contributed by atoms with Crippen LogP contribution >= 0.6 is 46.3 Å². The topological polar surface area (TPSA) is 73.8 Å². The molecular weight excluding hydrogens is 487 g/mol. The van der Waals surface area contributed by atoms with Crippen LogP contribution in [0.25, 0.3) is 27.5 Å². The molecule has 0 amide bonds. The van der Waals surface area contributed by atoms with Gasteiger partial charge in [0.05, 0.1) is 30.6 Å². The van der Waals surface area contributed by atoms with Gasteiger partial charge in [-0.3, -0.25) is 10.1 Å². The standard InChI is InChI=1S/C22H18Cl2N4O2S2/c1-12(2)31-21-20(15-7-8-18(23)19(24)10-15)25-22(32-21)27-11-17(13(3)26-27)14-5-4-6-16(9-14)28(29)30/h4-12H,1-3H3. The molecule has 0 radical (unpaired) electrons. The number of halogens is 2. The van der Waals surface area contributed by atoms with E-state index in [1.807, 2.05) is 31.3 Å². The lowest BCUT2D eigenvalue weighted by atomic mass is 10.1. The minimum absolute atomic E-state index is 0.0430. The van der Waals surface area contributed by atoms with Gasteiger partial charge >= 0.3 is 0 Å². The molecule has 0 spiro atoms. The molecule has 10 heteroatoms. The summed E-state index contributed by atoms with van der Waals surface area (Å²) < 4.78 is 2.78. The van der Waals surface area contributed by atoms with Crippen LogP contribution in [0.3, 0.4) is 0 Å². The van der Waals surface area contributed by atoms with E-state index in [4.69, 9.17) is 28.2 Å². The summed E-state index contributed by atoms with van der Waals surface area (Å²) in [7, 11) is 0. The van der Waals surface area contributed by atoms with E-state index in [0.717, 1.165) is 32.3 Å². The number of aryl methyl sites for hydroxylation is 1. The molecule has 0 saturated carbocycles. The zero-order chi connectivity index (χ0) is 23.0. The van der Waals surface area contributed by atoms with Crippen molar-refractivity contribution < 1.29 is 4.92 Å². The van der Waals surface area contributed by atoms with Gasteiger partial charge < -0.3 is 0 Å². The van der Waals surface area contributed by atoms with E-state index in [1.54, 1.807) is 34.6 Å². The van der Waals surface area contributed by atoms with Crippen molar-refractivity contribution in [1.82, 2.24) is 14.8 Å². The van der Waals surface area contributed by atoms with Gasteiger partial charge in [-0.2, -0.15) is 5.10 Å². The fourth-order valence-electron chi connectivity index (χ4n) is 3.14. The van der Waals surface area contributed by atoms with Gasteiger partial charge in [0.2, 0.25) is 5.13 Å². The number of hydrogen-bond donors (Lipinski definition) is 0. The van der Waals surface area contributed by atoms with Crippen LogP contribution in [-0.2, 0) is 0 Å². The van der Waals surface area contributed by atoms with Gasteiger partial charge in [0.15, 0.2) is 0 Å². The minimum atomic E-state index is -0.400. The first-order valence-corrected chi connectivity index (χ1v) is 12.1. The molecule has 0 N–H and O–H groups in total. The lowest BCUT2D eigenvalue weighted by Gasteiger charge is -2.05. The molecule has 2 aromatic carbocycles. The van der Waals surface area contributed by atoms with Crippen molar-refractivity contribution in [1.29, 1.82) is 0 Å². The number of non-ortho nitro benzene ring substituents is 1. The van der Waals surface area contributed by atoms with Crippen molar-refractivity contribution in [2.24, 2.45) is 0 Å². The molecule has 0 fully saturated rings. The van der Waals surface area contributed by atoms with Crippen LogP contribution in [0, 0.1) is 17.0 Å². The number of rotatable bonds is 6. The minimum Gasteiger partial charge on any atom is -0.258 e. The van der Waals surface area contributed by atoms with Crippen LogP contribution in [0.2, 0.25) is 10.0 Å². The Hall–Kier alpha value is -2.39. The molecule has 0 aliphatic carbocycles. The average molecular weight is 505 g/mol. The van der Waals surface area contributed by atoms with Crippen LogP contribution in [0.4, 0.5) is 5.69 Å². The zero-order valence-electron chi connectivity index (χ0n) is 17.4. The molecule has 0 aliphatic heterocycles. The van der Waals surface area contributed by atoms with E-state index >= 15 is 0 Å². The third-order valence-electron chi connectivity index (χ3n) is 4.58. The SMILES string of the molecule is Cc1nn(-c2nc(-c3ccc(Cl)c(Cl)c3)c(SC(C)C)s2)cc1-c1cccc([N+](=O)[O-])c1. The summed E-state index contributed by atoms with van der Waals surface area (Å²) in [6, 6.07) is 12.0. The first kappa shape index (κ1) is 22.8. The first-order valence-electron chi connectivity index (χ1n) is 9.67. The quantitative estimate of drug-likeness (QED) is 0.153. The highest BCUT2D eigenvalue weighted by atomic mass is 35.5. The zero-order valence-corrected chi connectivity index (χ0v) is 20.5. The van der Waals surface area contributed by atoms with Gasteiger partial charge in [-0.25, -0.2) is 9.67 Å². The van der Waals surface area contributed by atoms with Gasteiger partial charge in [-0.15, -0.1) is 11.8 Å². The Bertz CT molecular complexity index is 1320.